The molecule has 0 atom stereocenters. The molecule has 0 aliphatic carbocycles. The van der Waals surface area contributed by atoms with Gasteiger partial charge < -0.3 is 19.5 Å². The van der Waals surface area contributed by atoms with E-state index in [2.05, 4.69) is 54.2 Å². The van der Waals surface area contributed by atoms with Crippen LogP contribution in [0.1, 0.15) is 39.2 Å². The smallest absolute Gasteiger partial charge is 0.224 e. The third kappa shape index (κ3) is 6.16. The maximum absolute atomic E-state index is 12.2. The Balaban J connectivity index is 1.81. The van der Waals surface area contributed by atoms with Crippen molar-refractivity contribution in [1.82, 2.24) is 0 Å². The van der Waals surface area contributed by atoms with Crippen molar-refractivity contribution in [2.45, 2.75) is 39.0 Å². The number of carbonyl (C=O) groups is 1. The Morgan fingerprint density at radius 2 is 1.68 bits per heavy atom. The van der Waals surface area contributed by atoms with Crippen molar-refractivity contribution >= 4 is 27.5 Å². The highest BCUT2D eigenvalue weighted by molar-refractivity contribution is 9.10. The highest BCUT2D eigenvalue weighted by atomic mass is 79.9. The summed E-state index contributed by atoms with van der Waals surface area (Å²) in [6.07, 6.45) is 0.985. The van der Waals surface area contributed by atoms with Crippen molar-refractivity contribution in [3.05, 3.63) is 46.4 Å². The highest BCUT2D eigenvalue weighted by Gasteiger charge is 2.15. The number of hydrogen-bond donors (Lipinski definition) is 1. The Kier molecular flexibility index (Phi) is 7.75. The molecule has 0 radical (unpaired) electrons. The van der Waals surface area contributed by atoms with Crippen molar-refractivity contribution < 1.29 is 19.0 Å². The Bertz CT molecular complexity index is 815. The van der Waals surface area contributed by atoms with Crippen LogP contribution in [0.3, 0.4) is 0 Å². The molecule has 28 heavy (non-hydrogen) atoms. The number of benzene rings is 2. The van der Waals surface area contributed by atoms with Crippen LogP contribution < -0.4 is 19.5 Å². The molecule has 0 heterocycles. The van der Waals surface area contributed by atoms with E-state index in [0.29, 0.717) is 36.6 Å². The lowest BCUT2D eigenvalue weighted by Crippen LogP contribution is -2.13. The third-order valence-electron chi connectivity index (χ3n) is 4.27. The number of halogens is 1. The number of rotatable bonds is 8. The van der Waals surface area contributed by atoms with E-state index in [0.717, 1.165) is 10.2 Å². The van der Waals surface area contributed by atoms with Gasteiger partial charge in [-0.2, -0.15) is 0 Å². The minimum atomic E-state index is -0.0713. The number of anilines is 1. The summed E-state index contributed by atoms with van der Waals surface area (Å²) in [5.41, 5.74) is 1.99. The van der Waals surface area contributed by atoms with Gasteiger partial charge in [0, 0.05) is 18.2 Å². The van der Waals surface area contributed by atoms with Crippen LogP contribution in [0, 0.1) is 0 Å². The monoisotopic (exact) mass is 449 g/mol. The van der Waals surface area contributed by atoms with Gasteiger partial charge in [0.05, 0.1) is 25.3 Å². The summed E-state index contributed by atoms with van der Waals surface area (Å²) in [6, 6.07) is 11.4. The standard InChI is InChI=1S/C22H28BrNO4/c1-22(2,3)15-8-10-18(17(23)13-15)28-12-6-7-21(25)24-16-9-11-19(26-4)20(14-16)27-5/h8-11,13-14H,6-7,12H2,1-5H3,(H,24,25). The van der Waals surface area contributed by atoms with Crippen molar-refractivity contribution in [3.63, 3.8) is 0 Å². The minimum absolute atomic E-state index is 0.0713. The summed E-state index contributed by atoms with van der Waals surface area (Å²) in [5, 5.41) is 2.86. The molecule has 1 amide bonds. The average molecular weight is 450 g/mol. The number of methoxy groups -OCH3 is 2. The summed E-state index contributed by atoms with van der Waals surface area (Å²) in [6.45, 7) is 6.98. The first-order valence-corrected chi connectivity index (χ1v) is 9.98. The number of amides is 1. The van der Waals surface area contributed by atoms with Gasteiger partial charge in [-0.05, 0) is 57.6 Å². The van der Waals surface area contributed by atoms with Crippen LogP contribution in [0.5, 0.6) is 17.2 Å². The molecular formula is C22H28BrNO4. The molecule has 0 aliphatic rings. The van der Waals surface area contributed by atoms with Crippen LogP contribution >= 0.6 is 15.9 Å². The SMILES string of the molecule is COc1ccc(NC(=O)CCCOc2ccc(C(C)(C)C)cc2Br)cc1OC. The maximum Gasteiger partial charge on any atom is 0.224 e. The van der Waals surface area contributed by atoms with Gasteiger partial charge in [-0.15, -0.1) is 0 Å². The van der Waals surface area contributed by atoms with E-state index in [4.69, 9.17) is 14.2 Å². The molecule has 5 nitrogen and oxygen atoms in total. The second kappa shape index (κ2) is 9.82. The fraction of sp³-hybridized carbons (Fsp3) is 0.409. The molecule has 2 rings (SSSR count). The number of carbonyl (C=O) groups excluding carboxylic acids is 1. The van der Waals surface area contributed by atoms with Crippen molar-refractivity contribution in [1.29, 1.82) is 0 Å². The first-order valence-electron chi connectivity index (χ1n) is 9.19. The molecular weight excluding hydrogens is 422 g/mol. The van der Waals surface area contributed by atoms with Crippen LogP contribution in [0.15, 0.2) is 40.9 Å². The topological polar surface area (TPSA) is 56.8 Å². The van der Waals surface area contributed by atoms with Crippen molar-refractivity contribution in [2.75, 3.05) is 26.1 Å². The molecule has 0 saturated heterocycles. The molecule has 2 aromatic carbocycles. The van der Waals surface area contributed by atoms with Gasteiger partial charge in [-0.1, -0.05) is 26.8 Å². The van der Waals surface area contributed by atoms with E-state index in [9.17, 15) is 4.79 Å². The largest absolute Gasteiger partial charge is 0.493 e. The molecule has 0 unspecified atom stereocenters. The molecule has 1 N–H and O–H groups in total. The Morgan fingerprint density at radius 3 is 2.29 bits per heavy atom. The fourth-order valence-corrected chi connectivity index (χ4v) is 3.13. The first-order chi connectivity index (χ1) is 13.2. The van der Waals surface area contributed by atoms with Gasteiger partial charge in [0.15, 0.2) is 11.5 Å². The van der Waals surface area contributed by atoms with Crippen LogP contribution in [0.2, 0.25) is 0 Å². The fourth-order valence-electron chi connectivity index (χ4n) is 2.64. The zero-order valence-corrected chi connectivity index (χ0v) is 18.7. The van der Waals surface area contributed by atoms with Crippen molar-refractivity contribution in [2.24, 2.45) is 0 Å². The third-order valence-corrected chi connectivity index (χ3v) is 4.89. The number of nitrogens with one attached hydrogen (secondary N) is 1. The predicted octanol–water partition coefficient (Wildman–Crippen LogP) is 5.56. The quantitative estimate of drug-likeness (QED) is 0.535. The first kappa shape index (κ1) is 22.1. The van der Waals surface area contributed by atoms with Gasteiger partial charge in [-0.3, -0.25) is 4.79 Å². The molecule has 0 fully saturated rings. The van der Waals surface area contributed by atoms with Gasteiger partial charge in [0.1, 0.15) is 5.75 Å². The summed E-state index contributed by atoms with van der Waals surface area (Å²) < 4.78 is 17.2. The Labute approximate surface area is 175 Å². The van der Waals surface area contributed by atoms with Crippen LogP contribution in [-0.2, 0) is 10.2 Å². The van der Waals surface area contributed by atoms with Crippen LogP contribution in [-0.4, -0.2) is 26.7 Å². The summed E-state index contributed by atoms with van der Waals surface area (Å²) in [4.78, 5) is 12.2. The predicted molar refractivity (Wildman–Crippen MR) is 116 cm³/mol. The lowest BCUT2D eigenvalue weighted by Gasteiger charge is -2.20. The molecule has 0 spiro atoms. The molecule has 0 bridgehead atoms. The minimum Gasteiger partial charge on any atom is -0.493 e. The van der Waals surface area contributed by atoms with E-state index in [1.54, 1.807) is 32.4 Å². The molecule has 152 valence electrons. The van der Waals surface area contributed by atoms with Crippen LogP contribution in [0.25, 0.3) is 0 Å². The lowest BCUT2D eigenvalue weighted by atomic mass is 9.87. The molecule has 0 aromatic heterocycles. The summed E-state index contributed by atoms with van der Waals surface area (Å²) in [7, 11) is 3.14. The van der Waals surface area contributed by atoms with E-state index in [-0.39, 0.29) is 11.3 Å². The zero-order valence-electron chi connectivity index (χ0n) is 17.1. The molecule has 2 aromatic rings. The van der Waals surface area contributed by atoms with E-state index in [1.165, 1.54) is 5.56 Å². The average Bonchev–Trinajstić information content (AvgIpc) is 2.65. The van der Waals surface area contributed by atoms with Crippen molar-refractivity contribution in [3.8, 4) is 17.2 Å². The Hall–Kier alpha value is -2.21. The van der Waals surface area contributed by atoms with Gasteiger partial charge in [-0.25, -0.2) is 0 Å². The van der Waals surface area contributed by atoms with Gasteiger partial charge in [0.25, 0.3) is 0 Å². The number of ether oxygens (including phenoxy) is 3. The van der Waals surface area contributed by atoms with Gasteiger partial charge >= 0.3 is 0 Å². The second-order valence-corrected chi connectivity index (χ2v) is 8.32. The second-order valence-electron chi connectivity index (χ2n) is 7.47. The van der Waals surface area contributed by atoms with E-state index < -0.39 is 0 Å². The van der Waals surface area contributed by atoms with E-state index >= 15 is 0 Å². The Morgan fingerprint density at radius 1 is 1.00 bits per heavy atom. The molecule has 0 aliphatic heterocycles. The summed E-state index contributed by atoms with van der Waals surface area (Å²) in [5.74, 6) is 1.91. The normalized spacial score (nSPS) is 11.1. The number of hydrogen-bond acceptors (Lipinski definition) is 4. The van der Waals surface area contributed by atoms with Crippen LogP contribution in [0.4, 0.5) is 5.69 Å². The van der Waals surface area contributed by atoms with E-state index in [1.807, 2.05) is 6.07 Å². The summed E-state index contributed by atoms with van der Waals surface area (Å²) >= 11 is 3.56. The van der Waals surface area contributed by atoms with Gasteiger partial charge in [0.2, 0.25) is 5.91 Å². The highest BCUT2D eigenvalue weighted by Crippen LogP contribution is 2.32. The zero-order chi connectivity index (χ0) is 20.7. The maximum atomic E-state index is 12.2. The lowest BCUT2D eigenvalue weighted by molar-refractivity contribution is -0.116. The molecule has 6 heteroatoms. The molecule has 0 saturated carbocycles.